The van der Waals surface area contributed by atoms with Gasteiger partial charge in [-0.05, 0) is 65.3 Å². The van der Waals surface area contributed by atoms with Crippen molar-refractivity contribution in [1.29, 1.82) is 0 Å². The Labute approximate surface area is 301 Å². The van der Waals surface area contributed by atoms with Crippen molar-refractivity contribution in [3.05, 3.63) is 126 Å². The third-order valence-corrected chi connectivity index (χ3v) is 9.10. The minimum Gasteiger partial charge on any atom is -0.507 e. The van der Waals surface area contributed by atoms with Gasteiger partial charge < -0.3 is 19.9 Å². The number of nitrogens with zero attached hydrogens (tertiary/aromatic N) is 1. The number of aromatic hydroxyl groups is 1. The van der Waals surface area contributed by atoms with Crippen LogP contribution in [0.5, 0.6) is 23.0 Å². The van der Waals surface area contributed by atoms with Gasteiger partial charge in [0.05, 0.1) is 29.7 Å². The van der Waals surface area contributed by atoms with E-state index in [1.165, 1.54) is 5.56 Å². The molecular weight excluding hydrogens is 633 g/mol. The van der Waals surface area contributed by atoms with Gasteiger partial charge in [0.1, 0.15) is 23.0 Å². The predicted octanol–water partition coefficient (Wildman–Crippen LogP) is 12.1. The van der Waals surface area contributed by atoms with E-state index in [9.17, 15) is 9.90 Å². The summed E-state index contributed by atoms with van der Waals surface area (Å²) >= 11 is 0. The summed E-state index contributed by atoms with van der Waals surface area (Å²) in [5.74, 6) is 1.72. The standard InChI is InChI=1S/C43H40N2O4.C2H6/c1-42(2,3)25-43(4,5)26-16-18-28(19-17-26)49-37-24-35(44-27-12-8-7-9-13-27)39-38-33(37)23-34(32-21-20-29(48-6)22-36(32)46)45-40(38)30-14-10-11-15-31(30)41(39)47;1-2/h7-24,44,46H,25H2,1-6H3;1-2H3. The highest BCUT2D eigenvalue weighted by atomic mass is 16.5. The van der Waals surface area contributed by atoms with E-state index in [1.807, 2.05) is 92.7 Å². The number of para-hydroxylation sites is 1. The second-order valence-corrected chi connectivity index (χ2v) is 14.6. The van der Waals surface area contributed by atoms with Crippen molar-refractivity contribution >= 4 is 27.9 Å². The first-order valence-electron chi connectivity index (χ1n) is 17.6. The number of benzene rings is 5. The molecule has 1 aliphatic rings. The molecule has 6 aromatic rings. The number of carbonyl (C=O) groups excluding carboxylic acids is 1. The van der Waals surface area contributed by atoms with Crippen molar-refractivity contribution in [1.82, 2.24) is 4.98 Å². The van der Waals surface area contributed by atoms with Crippen LogP contribution in [0.25, 0.3) is 33.3 Å². The van der Waals surface area contributed by atoms with Crippen LogP contribution in [-0.4, -0.2) is 23.0 Å². The molecule has 260 valence electrons. The largest absolute Gasteiger partial charge is 0.507 e. The van der Waals surface area contributed by atoms with E-state index in [-0.39, 0.29) is 22.4 Å². The topological polar surface area (TPSA) is 80.7 Å². The van der Waals surface area contributed by atoms with Crippen LogP contribution in [0.3, 0.4) is 0 Å². The molecule has 1 heterocycles. The van der Waals surface area contributed by atoms with E-state index in [0.29, 0.717) is 61.8 Å². The average molecular weight is 679 g/mol. The molecule has 5 aromatic carbocycles. The third kappa shape index (κ3) is 7.04. The lowest BCUT2D eigenvalue weighted by Crippen LogP contribution is -2.24. The average Bonchev–Trinajstić information content (AvgIpc) is 3.11. The third-order valence-electron chi connectivity index (χ3n) is 9.10. The maximum atomic E-state index is 14.3. The molecule has 6 nitrogen and oxygen atoms in total. The SMILES string of the molecule is CC.COc1ccc(-c2cc3c(Oc4ccc(C(C)(C)CC(C)(C)C)cc4)cc(Nc4ccccc4)c4c3c(n2)-c2ccccc2C4=O)c(O)c1. The maximum absolute atomic E-state index is 14.3. The first kappa shape index (κ1) is 35.2. The Morgan fingerprint density at radius 1 is 0.745 bits per heavy atom. The fourth-order valence-corrected chi connectivity index (χ4v) is 7.24. The number of ether oxygens (including phenoxy) is 2. The molecular formula is C45H46N2O4. The summed E-state index contributed by atoms with van der Waals surface area (Å²) in [6.45, 7) is 15.4. The first-order valence-corrected chi connectivity index (χ1v) is 17.6. The van der Waals surface area contributed by atoms with Gasteiger partial charge in [-0.1, -0.05) is 103 Å². The van der Waals surface area contributed by atoms with Crippen LogP contribution in [0, 0.1) is 5.41 Å². The second kappa shape index (κ2) is 13.9. The number of pyridine rings is 1. The molecule has 0 fully saturated rings. The highest BCUT2D eigenvalue weighted by molar-refractivity contribution is 6.29. The lowest BCUT2D eigenvalue weighted by molar-refractivity contribution is 0.104. The molecule has 6 heteroatoms. The van der Waals surface area contributed by atoms with E-state index >= 15 is 0 Å². The van der Waals surface area contributed by atoms with Gasteiger partial charge in [-0.25, -0.2) is 4.98 Å². The fourth-order valence-electron chi connectivity index (χ4n) is 7.24. The Balaban J connectivity index is 0.00000220. The highest BCUT2D eigenvalue weighted by Gasteiger charge is 2.32. The van der Waals surface area contributed by atoms with Crippen LogP contribution >= 0.6 is 0 Å². The van der Waals surface area contributed by atoms with Crippen LogP contribution in [0.15, 0.2) is 109 Å². The Hall–Kier alpha value is -5.62. The summed E-state index contributed by atoms with van der Waals surface area (Å²) in [6, 6.07) is 34.6. The molecule has 0 spiro atoms. The minimum atomic E-state index is -0.0923. The summed E-state index contributed by atoms with van der Waals surface area (Å²) < 4.78 is 12.1. The molecule has 1 aliphatic carbocycles. The molecule has 1 aromatic heterocycles. The minimum absolute atomic E-state index is 0.0154. The molecule has 2 N–H and O–H groups in total. The molecule has 51 heavy (non-hydrogen) atoms. The van der Waals surface area contributed by atoms with Crippen LogP contribution < -0.4 is 14.8 Å². The first-order chi connectivity index (χ1) is 24.4. The van der Waals surface area contributed by atoms with Gasteiger partial charge in [-0.3, -0.25) is 4.79 Å². The number of rotatable bonds is 8. The lowest BCUT2D eigenvalue weighted by Gasteiger charge is -2.33. The molecule has 0 saturated carbocycles. The summed E-state index contributed by atoms with van der Waals surface area (Å²) in [7, 11) is 1.56. The van der Waals surface area contributed by atoms with Gasteiger partial charge in [-0.2, -0.15) is 0 Å². The lowest BCUT2D eigenvalue weighted by atomic mass is 9.72. The number of hydrogen-bond donors (Lipinski definition) is 2. The summed E-state index contributed by atoms with van der Waals surface area (Å²) in [4.78, 5) is 19.4. The zero-order chi connectivity index (χ0) is 36.5. The Bertz CT molecular complexity index is 2220. The summed E-state index contributed by atoms with van der Waals surface area (Å²) in [5.41, 5.74) is 6.43. The van der Waals surface area contributed by atoms with Crippen molar-refractivity contribution in [2.45, 2.75) is 60.3 Å². The molecule has 0 aliphatic heterocycles. The smallest absolute Gasteiger partial charge is 0.196 e. The Kier molecular flexibility index (Phi) is 9.63. The van der Waals surface area contributed by atoms with E-state index in [4.69, 9.17) is 14.5 Å². The summed E-state index contributed by atoms with van der Waals surface area (Å²) in [5, 5.41) is 16.0. The normalized spacial score (nSPS) is 12.1. The zero-order valence-corrected chi connectivity index (χ0v) is 30.7. The van der Waals surface area contributed by atoms with Crippen molar-refractivity contribution < 1.29 is 19.4 Å². The number of nitrogens with one attached hydrogen (secondary N) is 1. The fraction of sp³-hybridized carbons (Fsp3) is 0.244. The van der Waals surface area contributed by atoms with Gasteiger partial charge in [0, 0.05) is 45.3 Å². The molecule has 0 radical (unpaired) electrons. The van der Waals surface area contributed by atoms with E-state index < -0.39 is 0 Å². The Morgan fingerprint density at radius 2 is 1.39 bits per heavy atom. The zero-order valence-electron chi connectivity index (χ0n) is 30.7. The van der Waals surface area contributed by atoms with Gasteiger partial charge in [0.25, 0.3) is 0 Å². The predicted molar refractivity (Wildman–Crippen MR) is 209 cm³/mol. The number of methoxy groups -OCH3 is 1. The number of fused-ring (bicyclic) bond motifs is 2. The number of phenols is 1. The van der Waals surface area contributed by atoms with Crippen molar-refractivity contribution in [3.63, 3.8) is 0 Å². The number of ketones is 1. The van der Waals surface area contributed by atoms with Crippen LogP contribution in [0.2, 0.25) is 0 Å². The van der Waals surface area contributed by atoms with Gasteiger partial charge in [0.2, 0.25) is 0 Å². The number of phenolic OH excluding ortho intramolecular Hbond substituents is 1. The highest BCUT2D eigenvalue weighted by Crippen LogP contribution is 2.48. The van der Waals surface area contributed by atoms with E-state index in [0.717, 1.165) is 17.7 Å². The number of aromatic nitrogens is 1. The summed E-state index contributed by atoms with van der Waals surface area (Å²) in [6.07, 6.45) is 1.03. The van der Waals surface area contributed by atoms with Crippen molar-refractivity contribution in [2.24, 2.45) is 5.41 Å². The monoisotopic (exact) mass is 678 g/mol. The Morgan fingerprint density at radius 3 is 2.04 bits per heavy atom. The number of anilines is 2. The van der Waals surface area contributed by atoms with Gasteiger partial charge >= 0.3 is 0 Å². The van der Waals surface area contributed by atoms with Crippen LogP contribution in [-0.2, 0) is 5.41 Å². The van der Waals surface area contributed by atoms with Gasteiger partial charge in [-0.15, -0.1) is 0 Å². The molecule has 0 bridgehead atoms. The number of carbonyl (C=O) groups is 1. The maximum Gasteiger partial charge on any atom is 0.196 e. The molecule has 0 unspecified atom stereocenters. The quantitative estimate of drug-likeness (QED) is 0.166. The molecule has 7 rings (SSSR count). The van der Waals surface area contributed by atoms with E-state index in [2.05, 4.69) is 52.1 Å². The van der Waals surface area contributed by atoms with Gasteiger partial charge in [0.15, 0.2) is 5.78 Å². The van der Waals surface area contributed by atoms with Crippen LogP contribution in [0.1, 0.15) is 76.4 Å². The van der Waals surface area contributed by atoms with Crippen molar-refractivity contribution in [2.75, 3.05) is 12.4 Å². The second-order valence-electron chi connectivity index (χ2n) is 14.6. The van der Waals surface area contributed by atoms with Crippen molar-refractivity contribution in [3.8, 4) is 45.5 Å². The number of hydrogen-bond acceptors (Lipinski definition) is 6. The van der Waals surface area contributed by atoms with Crippen LogP contribution in [0.4, 0.5) is 11.4 Å². The molecule has 0 saturated heterocycles. The molecule has 0 atom stereocenters. The van der Waals surface area contributed by atoms with E-state index in [1.54, 1.807) is 25.3 Å². The molecule has 0 amide bonds.